The Morgan fingerprint density at radius 3 is 2.83 bits per heavy atom. The standard InChI is InChI=1S/C15H24N6O2/c1-11(15(23)16-2)8-20(4)12-7-13(18-10-17-12)21-6-5-19(3)14(22)9-21/h7,10-11H,5-6,8-9H2,1-4H3,(H,16,23). The Balaban J connectivity index is 2.07. The van der Waals surface area contributed by atoms with Gasteiger partial charge in [-0.2, -0.15) is 0 Å². The van der Waals surface area contributed by atoms with Crippen LogP contribution < -0.4 is 15.1 Å². The van der Waals surface area contributed by atoms with Crippen molar-refractivity contribution in [3.8, 4) is 0 Å². The molecule has 1 atom stereocenters. The zero-order valence-corrected chi connectivity index (χ0v) is 14.1. The van der Waals surface area contributed by atoms with Crippen molar-refractivity contribution in [1.82, 2.24) is 20.2 Å². The summed E-state index contributed by atoms with van der Waals surface area (Å²) >= 11 is 0. The van der Waals surface area contributed by atoms with Gasteiger partial charge in [0.25, 0.3) is 0 Å². The number of aromatic nitrogens is 2. The predicted molar refractivity (Wildman–Crippen MR) is 88.4 cm³/mol. The minimum absolute atomic E-state index is 0.00389. The van der Waals surface area contributed by atoms with Crippen LogP contribution in [0, 0.1) is 5.92 Å². The Morgan fingerprint density at radius 2 is 2.17 bits per heavy atom. The number of likely N-dealkylation sites (N-methyl/N-ethyl adjacent to an activating group) is 1. The molecule has 1 unspecified atom stereocenters. The fourth-order valence-electron chi connectivity index (χ4n) is 2.51. The van der Waals surface area contributed by atoms with Crippen molar-refractivity contribution in [3.63, 3.8) is 0 Å². The van der Waals surface area contributed by atoms with Gasteiger partial charge in [0.15, 0.2) is 0 Å². The molecule has 1 aromatic heterocycles. The quantitative estimate of drug-likeness (QED) is 0.793. The van der Waals surface area contributed by atoms with E-state index >= 15 is 0 Å². The van der Waals surface area contributed by atoms with Gasteiger partial charge in [-0.05, 0) is 0 Å². The second-order valence-electron chi connectivity index (χ2n) is 5.87. The lowest BCUT2D eigenvalue weighted by Crippen LogP contribution is -2.48. The second-order valence-corrected chi connectivity index (χ2v) is 5.87. The molecule has 1 N–H and O–H groups in total. The number of amides is 2. The van der Waals surface area contributed by atoms with Gasteiger partial charge < -0.3 is 20.0 Å². The summed E-state index contributed by atoms with van der Waals surface area (Å²) in [6.45, 7) is 4.18. The van der Waals surface area contributed by atoms with Gasteiger partial charge in [-0.1, -0.05) is 6.92 Å². The van der Waals surface area contributed by atoms with Gasteiger partial charge in [0.2, 0.25) is 11.8 Å². The molecule has 2 heterocycles. The monoisotopic (exact) mass is 320 g/mol. The van der Waals surface area contributed by atoms with Crippen molar-refractivity contribution >= 4 is 23.5 Å². The van der Waals surface area contributed by atoms with Gasteiger partial charge >= 0.3 is 0 Å². The molecule has 2 rings (SSSR count). The molecule has 0 saturated carbocycles. The minimum Gasteiger partial charge on any atom is -0.359 e. The third kappa shape index (κ3) is 4.08. The highest BCUT2D eigenvalue weighted by Crippen LogP contribution is 2.19. The van der Waals surface area contributed by atoms with E-state index in [1.165, 1.54) is 6.33 Å². The van der Waals surface area contributed by atoms with Gasteiger partial charge in [0.05, 0.1) is 12.5 Å². The van der Waals surface area contributed by atoms with Crippen molar-refractivity contribution in [2.24, 2.45) is 5.92 Å². The van der Waals surface area contributed by atoms with Gasteiger partial charge in [-0.25, -0.2) is 9.97 Å². The van der Waals surface area contributed by atoms with E-state index in [9.17, 15) is 9.59 Å². The summed E-state index contributed by atoms with van der Waals surface area (Å²) < 4.78 is 0. The summed E-state index contributed by atoms with van der Waals surface area (Å²) in [6.07, 6.45) is 1.49. The van der Waals surface area contributed by atoms with E-state index in [4.69, 9.17) is 0 Å². The molecule has 2 amide bonds. The number of anilines is 2. The van der Waals surface area contributed by atoms with E-state index in [1.54, 1.807) is 19.0 Å². The zero-order valence-electron chi connectivity index (χ0n) is 14.1. The average molecular weight is 320 g/mol. The van der Waals surface area contributed by atoms with Crippen LogP contribution in [0.25, 0.3) is 0 Å². The Labute approximate surface area is 136 Å². The highest BCUT2D eigenvalue weighted by atomic mass is 16.2. The number of hydrogen-bond donors (Lipinski definition) is 1. The molecule has 1 saturated heterocycles. The van der Waals surface area contributed by atoms with Gasteiger partial charge in [-0.15, -0.1) is 0 Å². The van der Waals surface area contributed by atoms with Crippen molar-refractivity contribution < 1.29 is 9.59 Å². The highest BCUT2D eigenvalue weighted by Gasteiger charge is 2.23. The van der Waals surface area contributed by atoms with E-state index in [0.717, 1.165) is 18.2 Å². The topological polar surface area (TPSA) is 81.7 Å². The summed E-state index contributed by atoms with van der Waals surface area (Å²) in [4.78, 5) is 37.6. The number of carbonyl (C=O) groups excluding carboxylic acids is 2. The van der Waals surface area contributed by atoms with Crippen LogP contribution in [0.2, 0.25) is 0 Å². The van der Waals surface area contributed by atoms with Crippen molar-refractivity contribution in [2.75, 3.05) is 57.1 Å². The fourth-order valence-corrected chi connectivity index (χ4v) is 2.51. The minimum atomic E-state index is -0.145. The normalized spacial score (nSPS) is 16.3. The van der Waals surface area contributed by atoms with Crippen LogP contribution in [0.5, 0.6) is 0 Å². The Bertz CT molecular complexity index is 579. The lowest BCUT2D eigenvalue weighted by molar-refractivity contribution is -0.129. The Kier molecular flexibility index (Phi) is 5.36. The van der Waals surface area contributed by atoms with Gasteiger partial charge in [0.1, 0.15) is 18.0 Å². The van der Waals surface area contributed by atoms with Crippen LogP contribution in [0.4, 0.5) is 11.6 Å². The number of rotatable bonds is 5. The molecule has 126 valence electrons. The maximum absolute atomic E-state index is 11.8. The molecule has 1 aliphatic rings. The second kappa shape index (κ2) is 7.26. The van der Waals surface area contributed by atoms with Crippen LogP contribution in [0.15, 0.2) is 12.4 Å². The SMILES string of the molecule is CNC(=O)C(C)CN(C)c1cc(N2CCN(C)C(=O)C2)ncn1. The third-order valence-electron chi connectivity index (χ3n) is 4.05. The summed E-state index contributed by atoms with van der Waals surface area (Å²) in [5.74, 6) is 1.40. The molecule has 23 heavy (non-hydrogen) atoms. The zero-order chi connectivity index (χ0) is 17.0. The Morgan fingerprint density at radius 1 is 1.43 bits per heavy atom. The average Bonchev–Trinajstić information content (AvgIpc) is 2.56. The Hall–Kier alpha value is -2.38. The molecule has 1 fully saturated rings. The number of carbonyl (C=O) groups is 2. The maximum Gasteiger partial charge on any atom is 0.241 e. The summed E-state index contributed by atoms with van der Waals surface area (Å²) in [5, 5.41) is 2.64. The number of hydrogen-bond acceptors (Lipinski definition) is 6. The number of piperazine rings is 1. The number of nitrogens with one attached hydrogen (secondary N) is 1. The third-order valence-corrected chi connectivity index (χ3v) is 4.05. The molecule has 0 spiro atoms. The first-order valence-corrected chi connectivity index (χ1v) is 7.66. The largest absolute Gasteiger partial charge is 0.359 e. The molecule has 8 heteroatoms. The lowest BCUT2D eigenvalue weighted by Gasteiger charge is -2.33. The van der Waals surface area contributed by atoms with Crippen molar-refractivity contribution in [3.05, 3.63) is 12.4 Å². The predicted octanol–water partition coefficient (Wildman–Crippen LogP) is -0.427. The van der Waals surface area contributed by atoms with E-state index in [1.807, 2.05) is 29.8 Å². The van der Waals surface area contributed by atoms with E-state index in [-0.39, 0.29) is 17.7 Å². The molecule has 0 aromatic carbocycles. The molecule has 0 bridgehead atoms. The maximum atomic E-state index is 11.8. The van der Waals surface area contributed by atoms with E-state index in [0.29, 0.717) is 19.6 Å². The number of nitrogens with zero attached hydrogens (tertiary/aromatic N) is 5. The summed E-state index contributed by atoms with van der Waals surface area (Å²) in [6, 6.07) is 1.86. The van der Waals surface area contributed by atoms with Crippen LogP contribution in [0.3, 0.4) is 0 Å². The summed E-state index contributed by atoms with van der Waals surface area (Å²) in [5.41, 5.74) is 0. The lowest BCUT2D eigenvalue weighted by atomic mass is 10.1. The first kappa shape index (κ1) is 17.0. The van der Waals surface area contributed by atoms with Crippen LogP contribution in [-0.2, 0) is 9.59 Å². The molecular weight excluding hydrogens is 296 g/mol. The van der Waals surface area contributed by atoms with E-state index < -0.39 is 0 Å². The fraction of sp³-hybridized carbons (Fsp3) is 0.600. The molecular formula is C15H24N6O2. The van der Waals surface area contributed by atoms with Crippen molar-refractivity contribution in [1.29, 1.82) is 0 Å². The van der Waals surface area contributed by atoms with Crippen LogP contribution in [0.1, 0.15) is 6.92 Å². The van der Waals surface area contributed by atoms with Crippen molar-refractivity contribution in [2.45, 2.75) is 6.92 Å². The summed E-state index contributed by atoms with van der Waals surface area (Å²) in [7, 11) is 5.33. The van der Waals surface area contributed by atoms with Crippen LogP contribution in [-0.4, -0.2) is 74.0 Å². The first-order valence-electron chi connectivity index (χ1n) is 7.66. The van der Waals surface area contributed by atoms with Gasteiger partial charge in [0, 0.05) is 46.8 Å². The van der Waals surface area contributed by atoms with Crippen LogP contribution >= 0.6 is 0 Å². The molecule has 1 aliphatic heterocycles. The molecule has 0 radical (unpaired) electrons. The molecule has 0 aliphatic carbocycles. The molecule has 1 aromatic rings. The highest BCUT2D eigenvalue weighted by molar-refractivity contribution is 5.82. The molecule has 8 nitrogen and oxygen atoms in total. The van der Waals surface area contributed by atoms with E-state index in [2.05, 4.69) is 15.3 Å². The van der Waals surface area contributed by atoms with Gasteiger partial charge in [-0.3, -0.25) is 9.59 Å². The first-order chi connectivity index (χ1) is 10.9. The smallest absolute Gasteiger partial charge is 0.241 e.